The first kappa shape index (κ1) is 21.8. The summed E-state index contributed by atoms with van der Waals surface area (Å²) in [6.45, 7) is 7.15. The number of unbranched alkanes of at least 4 members (excludes halogenated alkanes) is 2. The van der Waals surface area contributed by atoms with Crippen LogP contribution in [0.3, 0.4) is 0 Å². The Bertz CT molecular complexity index is 1020. The SMILES string of the molecule is Cc1cc(CCCCCNc2ccnc3cc(Cl)ccc23)nc(N2CCN(C)CC2)n1. The van der Waals surface area contributed by atoms with Gasteiger partial charge in [-0.25, -0.2) is 9.97 Å². The van der Waals surface area contributed by atoms with Gasteiger partial charge in [-0.05, 0) is 63.6 Å². The lowest BCUT2D eigenvalue weighted by Gasteiger charge is -2.32. The van der Waals surface area contributed by atoms with Crippen molar-refractivity contribution in [1.82, 2.24) is 19.9 Å². The van der Waals surface area contributed by atoms with Crippen LogP contribution < -0.4 is 10.2 Å². The van der Waals surface area contributed by atoms with Gasteiger partial charge in [0.1, 0.15) is 0 Å². The molecule has 1 aliphatic heterocycles. The van der Waals surface area contributed by atoms with Crippen LogP contribution in [0.2, 0.25) is 5.02 Å². The molecule has 0 spiro atoms. The summed E-state index contributed by atoms with van der Waals surface area (Å²) in [5.41, 5.74) is 4.26. The fraction of sp³-hybridized carbons (Fsp3) is 0.458. The number of fused-ring (bicyclic) bond motifs is 1. The third kappa shape index (κ3) is 5.83. The summed E-state index contributed by atoms with van der Waals surface area (Å²) in [7, 11) is 2.17. The molecular weight excluding hydrogens is 408 g/mol. The second kappa shape index (κ2) is 10.2. The second-order valence-electron chi connectivity index (χ2n) is 8.35. The molecule has 4 rings (SSSR count). The molecule has 3 aromatic rings. The predicted molar refractivity (Wildman–Crippen MR) is 129 cm³/mol. The number of nitrogens with zero attached hydrogens (tertiary/aromatic N) is 5. The van der Waals surface area contributed by atoms with Crippen LogP contribution in [-0.2, 0) is 6.42 Å². The minimum absolute atomic E-state index is 0.716. The summed E-state index contributed by atoms with van der Waals surface area (Å²) in [5, 5.41) is 5.38. The number of hydrogen-bond acceptors (Lipinski definition) is 6. The number of nitrogens with one attached hydrogen (secondary N) is 1. The average molecular weight is 439 g/mol. The summed E-state index contributed by atoms with van der Waals surface area (Å²) in [4.78, 5) is 18.6. The quantitative estimate of drug-likeness (QED) is 0.520. The number of likely N-dealkylation sites (N-methyl/N-ethyl adjacent to an activating group) is 1. The summed E-state index contributed by atoms with van der Waals surface area (Å²) >= 11 is 6.08. The van der Waals surface area contributed by atoms with Crippen LogP contribution >= 0.6 is 11.6 Å². The maximum Gasteiger partial charge on any atom is 0.225 e. The van der Waals surface area contributed by atoms with Crippen LogP contribution in [0.5, 0.6) is 0 Å². The molecule has 0 aliphatic carbocycles. The highest BCUT2D eigenvalue weighted by Gasteiger charge is 2.17. The Balaban J connectivity index is 1.24. The largest absolute Gasteiger partial charge is 0.384 e. The van der Waals surface area contributed by atoms with E-state index in [0.717, 1.165) is 92.3 Å². The third-order valence-corrected chi connectivity index (χ3v) is 6.05. The summed E-state index contributed by atoms with van der Waals surface area (Å²) < 4.78 is 0. The van der Waals surface area contributed by atoms with Gasteiger partial charge in [0.2, 0.25) is 5.95 Å². The highest BCUT2D eigenvalue weighted by atomic mass is 35.5. The average Bonchev–Trinajstić information content (AvgIpc) is 2.76. The highest BCUT2D eigenvalue weighted by molar-refractivity contribution is 6.31. The number of aromatic nitrogens is 3. The molecule has 0 radical (unpaired) electrons. The zero-order valence-electron chi connectivity index (χ0n) is 18.4. The molecular formula is C24H31ClN6. The van der Waals surface area contributed by atoms with Crippen LogP contribution in [0.1, 0.15) is 30.7 Å². The van der Waals surface area contributed by atoms with Crippen LogP contribution in [0, 0.1) is 6.92 Å². The molecule has 2 aromatic heterocycles. The normalized spacial score (nSPS) is 14.9. The predicted octanol–water partition coefficient (Wildman–Crippen LogP) is 4.56. The summed E-state index contributed by atoms with van der Waals surface area (Å²) in [5.74, 6) is 0.898. The van der Waals surface area contributed by atoms with Crippen molar-refractivity contribution in [3.63, 3.8) is 0 Å². The van der Waals surface area contributed by atoms with Crippen molar-refractivity contribution in [2.75, 3.05) is 50.0 Å². The Morgan fingerprint density at radius 2 is 1.84 bits per heavy atom. The van der Waals surface area contributed by atoms with Crippen molar-refractivity contribution in [2.24, 2.45) is 0 Å². The number of piperazine rings is 1. The van der Waals surface area contributed by atoms with Gasteiger partial charge in [0.15, 0.2) is 0 Å². The second-order valence-corrected chi connectivity index (χ2v) is 8.78. The van der Waals surface area contributed by atoms with Gasteiger partial charge in [-0.3, -0.25) is 4.98 Å². The van der Waals surface area contributed by atoms with Gasteiger partial charge in [-0.2, -0.15) is 0 Å². The van der Waals surface area contributed by atoms with Crippen molar-refractivity contribution in [1.29, 1.82) is 0 Å². The maximum absolute atomic E-state index is 6.08. The highest BCUT2D eigenvalue weighted by Crippen LogP contribution is 2.24. The Labute approximate surface area is 189 Å². The summed E-state index contributed by atoms with van der Waals surface area (Å²) in [6, 6.07) is 10.0. The van der Waals surface area contributed by atoms with Crippen LogP contribution in [0.4, 0.5) is 11.6 Å². The minimum Gasteiger partial charge on any atom is -0.384 e. The zero-order valence-corrected chi connectivity index (χ0v) is 19.2. The molecule has 1 fully saturated rings. The Hall–Kier alpha value is -2.44. The van der Waals surface area contributed by atoms with Gasteiger partial charge < -0.3 is 15.1 Å². The molecule has 164 valence electrons. The molecule has 6 nitrogen and oxygen atoms in total. The smallest absolute Gasteiger partial charge is 0.225 e. The first-order chi connectivity index (χ1) is 15.1. The van der Waals surface area contributed by atoms with Gasteiger partial charge in [0.25, 0.3) is 0 Å². The molecule has 0 amide bonds. The van der Waals surface area contributed by atoms with Crippen molar-refractivity contribution in [2.45, 2.75) is 32.6 Å². The maximum atomic E-state index is 6.08. The van der Waals surface area contributed by atoms with Crippen molar-refractivity contribution < 1.29 is 0 Å². The molecule has 0 bridgehead atoms. The van der Waals surface area contributed by atoms with Crippen molar-refractivity contribution in [3.05, 3.63) is 52.9 Å². The minimum atomic E-state index is 0.716. The Morgan fingerprint density at radius 1 is 1.00 bits per heavy atom. The molecule has 0 unspecified atom stereocenters. The first-order valence-corrected chi connectivity index (χ1v) is 11.5. The number of benzene rings is 1. The number of aryl methyl sites for hydroxylation is 2. The van der Waals surface area contributed by atoms with E-state index >= 15 is 0 Å². The molecule has 0 atom stereocenters. The first-order valence-electron chi connectivity index (χ1n) is 11.1. The van der Waals surface area contributed by atoms with Gasteiger partial charge in [0, 0.05) is 66.4 Å². The monoisotopic (exact) mass is 438 g/mol. The molecule has 1 saturated heterocycles. The zero-order chi connectivity index (χ0) is 21.6. The summed E-state index contributed by atoms with van der Waals surface area (Å²) in [6.07, 6.45) is 6.24. The number of halogens is 1. The van der Waals surface area contributed by atoms with E-state index in [2.05, 4.69) is 45.1 Å². The van der Waals surface area contributed by atoms with E-state index < -0.39 is 0 Å². The Morgan fingerprint density at radius 3 is 2.68 bits per heavy atom. The van der Waals surface area contributed by atoms with Gasteiger partial charge >= 0.3 is 0 Å². The number of anilines is 2. The molecule has 31 heavy (non-hydrogen) atoms. The van der Waals surface area contributed by atoms with Crippen molar-refractivity contribution >= 4 is 34.1 Å². The van der Waals surface area contributed by atoms with Gasteiger partial charge in [0.05, 0.1) is 5.52 Å². The van der Waals surface area contributed by atoms with Crippen LogP contribution in [0.25, 0.3) is 10.9 Å². The number of hydrogen-bond donors (Lipinski definition) is 1. The lowest BCUT2D eigenvalue weighted by Crippen LogP contribution is -2.45. The van der Waals surface area contributed by atoms with E-state index in [0.29, 0.717) is 5.02 Å². The van der Waals surface area contributed by atoms with E-state index in [1.54, 1.807) is 0 Å². The van der Waals surface area contributed by atoms with E-state index in [1.807, 2.05) is 30.5 Å². The van der Waals surface area contributed by atoms with Crippen LogP contribution in [-0.4, -0.2) is 59.6 Å². The van der Waals surface area contributed by atoms with E-state index in [-0.39, 0.29) is 0 Å². The van der Waals surface area contributed by atoms with E-state index in [1.165, 1.54) is 0 Å². The van der Waals surface area contributed by atoms with Gasteiger partial charge in [-0.15, -0.1) is 0 Å². The number of pyridine rings is 1. The molecule has 1 aliphatic rings. The molecule has 0 saturated carbocycles. The fourth-order valence-electron chi connectivity index (χ4n) is 4.00. The molecule has 1 N–H and O–H groups in total. The molecule has 3 heterocycles. The van der Waals surface area contributed by atoms with Gasteiger partial charge in [-0.1, -0.05) is 18.0 Å². The number of rotatable bonds is 8. The Kier molecular flexibility index (Phi) is 7.20. The lowest BCUT2D eigenvalue weighted by atomic mass is 10.1. The lowest BCUT2D eigenvalue weighted by molar-refractivity contribution is 0.311. The van der Waals surface area contributed by atoms with Crippen molar-refractivity contribution in [3.8, 4) is 0 Å². The van der Waals surface area contributed by atoms with Crippen LogP contribution in [0.15, 0.2) is 36.5 Å². The topological polar surface area (TPSA) is 57.2 Å². The van der Waals surface area contributed by atoms with E-state index in [9.17, 15) is 0 Å². The van der Waals surface area contributed by atoms with E-state index in [4.69, 9.17) is 16.6 Å². The third-order valence-electron chi connectivity index (χ3n) is 5.81. The molecule has 7 heteroatoms. The standard InChI is InChI=1S/C24H31ClN6/c1-18-16-20(29-24(28-18)31-14-12-30(2)13-15-31)6-4-3-5-10-26-22-9-11-27-23-17-19(25)7-8-21(22)23/h7-9,11,16-17H,3-6,10,12-15H2,1-2H3,(H,26,27). The molecule has 1 aromatic carbocycles. The fourth-order valence-corrected chi connectivity index (χ4v) is 4.17.